The van der Waals surface area contributed by atoms with E-state index >= 15 is 0 Å². The van der Waals surface area contributed by atoms with E-state index in [1.54, 1.807) is 12.1 Å². The average molecular weight is 345 g/mol. The number of ether oxygens (including phenoxy) is 2. The Morgan fingerprint density at radius 3 is 2.76 bits per heavy atom. The van der Waals surface area contributed by atoms with Gasteiger partial charge in [0.25, 0.3) is 0 Å². The zero-order valence-electron chi connectivity index (χ0n) is 14.5. The van der Waals surface area contributed by atoms with Crippen LogP contribution >= 0.6 is 0 Å². The zero-order valence-corrected chi connectivity index (χ0v) is 14.5. The van der Waals surface area contributed by atoms with Gasteiger partial charge in [-0.05, 0) is 42.3 Å². The van der Waals surface area contributed by atoms with E-state index in [-0.39, 0.29) is 18.5 Å². The van der Waals surface area contributed by atoms with Crippen molar-refractivity contribution < 1.29 is 19.0 Å². The molecule has 0 bridgehead atoms. The fourth-order valence-electron chi connectivity index (χ4n) is 3.13. The summed E-state index contributed by atoms with van der Waals surface area (Å²) in [6.45, 7) is 5.50. The molecule has 1 atom stereocenters. The molecule has 134 valence electrons. The van der Waals surface area contributed by atoms with E-state index in [9.17, 15) is 9.50 Å². The summed E-state index contributed by atoms with van der Waals surface area (Å²) in [5.41, 5.74) is 2.93. The fourth-order valence-corrected chi connectivity index (χ4v) is 3.13. The van der Waals surface area contributed by atoms with Crippen LogP contribution in [0.15, 0.2) is 42.5 Å². The van der Waals surface area contributed by atoms with E-state index in [2.05, 4.69) is 4.90 Å². The zero-order chi connectivity index (χ0) is 17.6. The number of halogens is 1. The molecule has 3 rings (SSSR count). The molecule has 0 unspecified atom stereocenters. The third-order valence-corrected chi connectivity index (χ3v) is 4.39. The van der Waals surface area contributed by atoms with Gasteiger partial charge in [-0.1, -0.05) is 18.2 Å². The second-order valence-electron chi connectivity index (χ2n) is 6.18. The normalized spacial score (nSPS) is 18.3. The predicted molar refractivity (Wildman–Crippen MR) is 93.9 cm³/mol. The monoisotopic (exact) mass is 345 g/mol. The molecule has 1 aliphatic rings. The smallest absolute Gasteiger partial charge is 0.124 e. The van der Waals surface area contributed by atoms with E-state index in [1.807, 2.05) is 25.1 Å². The molecule has 0 aliphatic carbocycles. The van der Waals surface area contributed by atoms with Crippen molar-refractivity contribution >= 4 is 0 Å². The van der Waals surface area contributed by atoms with Crippen molar-refractivity contribution in [1.29, 1.82) is 0 Å². The molecule has 1 heterocycles. The van der Waals surface area contributed by atoms with Crippen LogP contribution in [0.5, 0.6) is 5.75 Å². The Bertz CT molecular complexity index is 690. The third kappa shape index (κ3) is 4.57. The van der Waals surface area contributed by atoms with Crippen LogP contribution in [0.25, 0.3) is 0 Å². The number of rotatable bonds is 6. The molecule has 2 aromatic carbocycles. The lowest BCUT2D eigenvalue weighted by Gasteiger charge is -2.33. The van der Waals surface area contributed by atoms with Crippen molar-refractivity contribution in [2.45, 2.75) is 26.2 Å². The van der Waals surface area contributed by atoms with Crippen molar-refractivity contribution in [3.8, 4) is 5.75 Å². The molecule has 25 heavy (non-hydrogen) atoms. The SMILES string of the molecule is CCOc1ccc(CN2CCO[C@H](c3ccc(F)cc3)C2)cc1CO. The molecule has 0 saturated carbocycles. The van der Waals surface area contributed by atoms with E-state index in [0.29, 0.717) is 13.2 Å². The van der Waals surface area contributed by atoms with E-state index in [0.717, 1.165) is 42.1 Å². The number of aliphatic hydroxyl groups excluding tert-OH is 1. The van der Waals surface area contributed by atoms with Gasteiger partial charge in [-0.15, -0.1) is 0 Å². The number of morpholine rings is 1. The Labute approximate surface area is 147 Å². The lowest BCUT2D eigenvalue weighted by molar-refractivity contribution is -0.0329. The minimum Gasteiger partial charge on any atom is -0.494 e. The summed E-state index contributed by atoms with van der Waals surface area (Å²) in [6, 6.07) is 12.5. The van der Waals surface area contributed by atoms with Gasteiger partial charge < -0.3 is 14.6 Å². The van der Waals surface area contributed by atoms with Gasteiger partial charge in [0.05, 0.1) is 25.9 Å². The fraction of sp³-hybridized carbons (Fsp3) is 0.400. The van der Waals surface area contributed by atoms with Crippen LogP contribution in [-0.2, 0) is 17.9 Å². The molecule has 0 spiro atoms. The molecule has 2 aromatic rings. The van der Waals surface area contributed by atoms with Crippen LogP contribution in [0.4, 0.5) is 4.39 Å². The van der Waals surface area contributed by atoms with Gasteiger partial charge in [-0.3, -0.25) is 4.90 Å². The topological polar surface area (TPSA) is 41.9 Å². The maximum Gasteiger partial charge on any atom is 0.124 e. The Morgan fingerprint density at radius 1 is 1.24 bits per heavy atom. The van der Waals surface area contributed by atoms with Gasteiger partial charge in [0, 0.05) is 25.2 Å². The van der Waals surface area contributed by atoms with E-state index < -0.39 is 0 Å². The van der Waals surface area contributed by atoms with Gasteiger partial charge in [0.15, 0.2) is 0 Å². The Hall–Kier alpha value is -1.95. The van der Waals surface area contributed by atoms with Crippen molar-refractivity contribution in [1.82, 2.24) is 4.90 Å². The molecule has 5 heteroatoms. The standard InChI is InChI=1S/C20H24FNO3/c1-2-24-19-8-3-15(11-17(19)14-23)12-22-9-10-25-20(13-22)16-4-6-18(21)7-5-16/h3-8,11,20,23H,2,9-10,12-14H2,1H3/t20-/m0/s1. The highest BCUT2D eigenvalue weighted by atomic mass is 19.1. The van der Waals surface area contributed by atoms with E-state index in [1.165, 1.54) is 12.1 Å². The number of hydrogen-bond acceptors (Lipinski definition) is 4. The summed E-state index contributed by atoms with van der Waals surface area (Å²) >= 11 is 0. The lowest BCUT2D eigenvalue weighted by atomic mass is 10.1. The molecule has 1 fully saturated rings. The summed E-state index contributed by atoms with van der Waals surface area (Å²) in [5.74, 6) is 0.502. The summed E-state index contributed by atoms with van der Waals surface area (Å²) in [7, 11) is 0. The molecule has 1 aliphatic heterocycles. The maximum absolute atomic E-state index is 13.1. The van der Waals surface area contributed by atoms with Crippen molar-refractivity contribution in [2.75, 3.05) is 26.3 Å². The van der Waals surface area contributed by atoms with Crippen molar-refractivity contribution in [2.24, 2.45) is 0 Å². The van der Waals surface area contributed by atoms with Crippen LogP contribution < -0.4 is 4.74 Å². The largest absolute Gasteiger partial charge is 0.494 e. The molecular weight excluding hydrogens is 321 g/mol. The highest BCUT2D eigenvalue weighted by molar-refractivity contribution is 5.37. The van der Waals surface area contributed by atoms with Crippen LogP contribution in [0.1, 0.15) is 29.7 Å². The number of nitrogens with zero attached hydrogens (tertiary/aromatic N) is 1. The molecule has 4 nitrogen and oxygen atoms in total. The van der Waals surface area contributed by atoms with Gasteiger partial charge in [-0.25, -0.2) is 4.39 Å². The minimum absolute atomic E-state index is 0.0372. The maximum atomic E-state index is 13.1. The first-order chi connectivity index (χ1) is 12.2. The van der Waals surface area contributed by atoms with Gasteiger partial charge in [0.1, 0.15) is 11.6 Å². The van der Waals surface area contributed by atoms with Crippen LogP contribution in [0.2, 0.25) is 0 Å². The quantitative estimate of drug-likeness (QED) is 0.872. The third-order valence-electron chi connectivity index (χ3n) is 4.39. The van der Waals surface area contributed by atoms with Gasteiger partial charge in [0.2, 0.25) is 0 Å². The average Bonchev–Trinajstić information content (AvgIpc) is 2.64. The van der Waals surface area contributed by atoms with Crippen molar-refractivity contribution in [3.05, 3.63) is 65.0 Å². The second-order valence-corrected chi connectivity index (χ2v) is 6.18. The number of benzene rings is 2. The first-order valence-corrected chi connectivity index (χ1v) is 8.64. The molecular formula is C20H24FNO3. The highest BCUT2D eigenvalue weighted by Crippen LogP contribution is 2.25. The van der Waals surface area contributed by atoms with Gasteiger partial charge >= 0.3 is 0 Å². The Morgan fingerprint density at radius 2 is 2.04 bits per heavy atom. The Kier molecular flexibility index (Phi) is 6.02. The van der Waals surface area contributed by atoms with Crippen LogP contribution in [0, 0.1) is 5.82 Å². The number of aliphatic hydroxyl groups is 1. The number of hydrogen-bond donors (Lipinski definition) is 1. The molecule has 0 aromatic heterocycles. The van der Waals surface area contributed by atoms with E-state index in [4.69, 9.17) is 9.47 Å². The van der Waals surface area contributed by atoms with Crippen LogP contribution in [0.3, 0.4) is 0 Å². The first kappa shape index (κ1) is 17.9. The molecule has 0 radical (unpaired) electrons. The van der Waals surface area contributed by atoms with Crippen molar-refractivity contribution in [3.63, 3.8) is 0 Å². The Balaban J connectivity index is 1.67. The van der Waals surface area contributed by atoms with Gasteiger partial charge in [-0.2, -0.15) is 0 Å². The summed E-state index contributed by atoms with van der Waals surface area (Å²) < 4.78 is 24.5. The second kappa shape index (κ2) is 8.43. The summed E-state index contributed by atoms with van der Waals surface area (Å²) in [6.07, 6.45) is -0.0469. The van der Waals surface area contributed by atoms with Crippen LogP contribution in [-0.4, -0.2) is 36.3 Å². The molecule has 1 saturated heterocycles. The molecule has 1 N–H and O–H groups in total. The summed E-state index contributed by atoms with van der Waals surface area (Å²) in [5, 5.41) is 9.54. The molecule has 0 amide bonds. The lowest BCUT2D eigenvalue weighted by Crippen LogP contribution is -2.37. The minimum atomic E-state index is -0.234. The predicted octanol–water partition coefficient (Wildman–Crippen LogP) is 3.29. The first-order valence-electron chi connectivity index (χ1n) is 8.64. The highest BCUT2D eigenvalue weighted by Gasteiger charge is 2.22. The summed E-state index contributed by atoms with van der Waals surface area (Å²) in [4.78, 5) is 2.31.